The van der Waals surface area contributed by atoms with Crippen molar-refractivity contribution in [3.8, 4) is 0 Å². The Kier molecular flexibility index (Phi) is 5.11. The smallest absolute Gasteiger partial charge is 0.293 e. The number of alkyl halides is 3. The molecule has 1 nitrogen and oxygen atoms in total. The second kappa shape index (κ2) is 6.66. The van der Waals surface area contributed by atoms with Gasteiger partial charge < -0.3 is 0 Å². The predicted octanol–water partition coefficient (Wildman–Crippen LogP) is 5.44. The lowest BCUT2D eigenvalue weighted by atomic mass is 10.1. The molecule has 0 amide bonds. The Labute approximate surface area is 132 Å². The molecule has 0 atom stereocenters. The number of Topliss-reactive ketones (excluding diaryl/α,β-unsaturated/α-hetero) is 1. The number of ketones is 1. The van der Waals surface area contributed by atoms with E-state index in [9.17, 15) is 18.0 Å². The third-order valence-corrected chi connectivity index (χ3v) is 4.73. The van der Waals surface area contributed by atoms with E-state index in [1.807, 2.05) is 24.3 Å². The monoisotopic (exact) mass is 374 g/mol. The van der Waals surface area contributed by atoms with Gasteiger partial charge >= 0.3 is 6.18 Å². The molecule has 0 aliphatic rings. The summed E-state index contributed by atoms with van der Waals surface area (Å²) in [7, 11) is 0. The molecule has 0 radical (unpaired) electrons. The van der Waals surface area contributed by atoms with Crippen LogP contribution in [0, 0.1) is 0 Å². The number of halogens is 4. The van der Waals surface area contributed by atoms with Crippen LogP contribution < -0.4 is 0 Å². The van der Waals surface area contributed by atoms with Gasteiger partial charge in [-0.2, -0.15) is 13.2 Å². The van der Waals surface area contributed by atoms with Crippen LogP contribution in [0.5, 0.6) is 0 Å². The molecule has 0 spiro atoms. The highest BCUT2D eigenvalue weighted by Gasteiger charge is 2.30. The van der Waals surface area contributed by atoms with Crippen LogP contribution in [0.3, 0.4) is 0 Å². The minimum Gasteiger partial charge on any atom is -0.293 e. The van der Waals surface area contributed by atoms with Gasteiger partial charge in [-0.15, -0.1) is 11.8 Å². The van der Waals surface area contributed by atoms with Crippen LogP contribution in [0.1, 0.15) is 15.9 Å². The van der Waals surface area contributed by atoms with Crippen molar-refractivity contribution in [1.29, 1.82) is 0 Å². The van der Waals surface area contributed by atoms with E-state index in [0.717, 1.165) is 21.5 Å². The SMILES string of the molecule is O=C(CSc1ccccc1Br)c1cccc(C(F)(F)F)c1. The normalized spacial score (nSPS) is 11.4. The van der Waals surface area contributed by atoms with Crippen LogP contribution in [0.15, 0.2) is 57.9 Å². The number of carbonyl (C=O) groups is 1. The van der Waals surface area contributed by atoms with E-state index >= 15 is 0 Å². The highest BCUT2D eigenvalue weighted by atomic mass is 79.9. The maximum absolute atomic E-state index is 12.6. The first-order valence-electron chi connectivity index (χ1n) is 5.96. The second-order valence-corrected chi connectivity index (χ2v) is 6.09. The predicted molar refractivity (Wildman–Crippen MR) is 80.6 cm³/mol. The molecule has 0 aliphatic heterocycles. The summed E-state index contributed by atoms with van der Waals surface area (Å²) in [5.74, 6) is -0.244. The van der Waals surface area contributed by atoms with Crippen molar-refractivity contribution in [1.82, 2.24) is 0 Å². The second-order valence-electron chi connectivity index (χ2n) is 4.22. The van der Waals surface area contributed by atoms with Crippen LogP contribution in [0.2, 0.25) is 0 Å². The van der Waals surface area contributed by atoms with E-state index in [0.29, 0.717) is 0 Å². The minimum atomic E-state index is -4.44. The fraction of sp³-hybridized carbons (Fsp3) is 0.133. The van der Waals surface area contributed by atoms with Gasteiger partial charge in [-0.1, -0.05) is 24.3 Å². The lowest BCUT2D eigenvalue weighted by Crippen LogP contribution is -2.08. The first-order chi connectivity index (χ1) is 9.88. The van der Waals surface area contributed by atoms with Gasteiger partial charge in [-0.3, -0.25) is 4.79 Å². The first-order valence-corrected chi connectivity index (χ1v) is 7.73. The summed E-state index contributed by atoms with van der Waals surface area (Å²) in [5, 5.41) is 0. The van der Waals surface area contributed by atoms with Gasteiger partial charge in [0.2, 0.25) is 0 Å². The fourth-order valence-corrected chi connectivity index (χ4v) is 3.12. The minimum absolute atomic E-state index is 0.0735. The van der Waals surface area contributed by atoms with Crippen molar-refractivity contribution < 1.29 is 18.0 Å². The number of carbonyl (C=O) groups excluding carboxylic acids is 1. The Morgan fingerprint density at radius 2 is 1.81 bits per heavy atom. The molecule has 0 unspecified atom stereocenters. The zero-order valence-electron chi connectivity index (χ0n) is 10.7. The number of thioether (sulfide) groups is 1. The van der Waals surface area contributed by atoms with Crippen LogP contribution in [0.25, 0.3) is 0 Å². The van der Waals surface area contributed by atoms with E-state index in [1.165, 1.54) is 23.9 Å². The van der Waals surface area contributed by atoms with E-state index in [-0.39, 0.29) is 17.1 Å². The third kappa shape index (κ3) is 4.35. The lowest BCUT2D eigenvalue weighted by molar-refractivity contribution is -0.137. The maximum atomic E-state index is 12.6. The van der Waals surface area contributed by atoms with E-state index in [1.54, 1.807) is 0 Å². The van der Waals surface area contributed by atoms with Crippen molar-refractivity contribution in [3.63, 3.8) is 0 Å². The molecular weight excluding hydrogens is 365 g/mol. The molecule has 110 valence electrons. The summed E-state index contributed by atoms with van der Waals surface area (Å²) < 4.78 is 38.7. The van der Waals surface area contributed by atoms with Gasteiger partial charge in [-0.25, -0.2) is 0 Å². The van der Waals surface area contributed by atoms with Crippen molar-refractivity contribution in [3.05, 3.63) is 64.1 Å². The average Bonchev–Trinajstić information content (AvgIpc) is 2.45. The van der Waals surface area contributed by atoms with E-state index in [4.69, 9.17) is 0 Å². The summed E-state index contributed by atoms with van der Waals surface area (Å²) in [6.07, 6.45) is -4.44. The Balaban J connectivity index is 2.09. The lowest BCUT2D eigenvalue weighted by Gasteiger charge is -2.08. The molecule has 0 fully saturated rings. The number of rotatable bonds is 4. The van der Waals surface area contributed by atoms with Crippen LogP contribution in [-0.2, 0) is 6.18 Å². The van der Waals surface area contributed by atoms with Crippen LogP contribution in [0.4, 0.5) is 13.2 Å². The summed E-state index contributed by atoms with van der Waals surface area (Å²) in [6.45, 7) is 0. The molecule has 6 heteroatoms. The first kappa shape index (κ1) is 16.1. The molecule has 0 bridgehead atoms. The number of hydrogen-bond acceptors (Lipinski definition) is 2. The molecule has 0 saturated carbocycles. The van der Waals surface area contributed by atoms with Crippen LogP contribution >= 0.6 is 27.7 Å². The zero-order chi connectivity index (χ0) is 15.5. The Bertz CT molecular complexity index is 655. The molecular formula is C15H10BrF3OS. The quantitative estimate of drug-likeness (QED) is 0.523. The molecule has 0 N–H and O–H groups in total. The fourth-order valence-electron chi connectivity index (χ4n) is 1.66. The van der Waals surface area contributed by atoms with E-state index in [2.05, 4.69) is 15.9 Å². The third-order valence-electron chi connectivity index (χ3n) is 2.71. The van der Waals surface area contributed by atoms with Crippen molar-refractivity contribution in [2.24, 2.45) is 0 Å². The molecule has 0 heterocycles. The van der Waals surface area contributed by atoms with Gasteiger partial charge in [0.25, 0.3) is 0 Å². The summed E-state index contributed by atoms with van der Waals surface area (Å²) in [4.78, 5) is 12.9. The molecule has 0 aromatic heterocycles. The Morgan fingerprint density at radius 3 is 2.48 bits per heavy atom. The maximum Gasteiger partial charge on any atom is 0.416 e. The topological polar surface area (TPSA) is 17.1 Å². The van der Waals surface area contributed by atoms with Crippen LogP contribution in [-0.4, -0.2) is 11.5 Å². The zero-order valence-corrected chi connectivity index (χ0v) is 13.1. The summed E-state index contributed by atoms with van der Waals surface area (Å²) in [6, 6.07) is 11.9. The molecule has 21 heavy (non-hydrogen) atoms. The van der Waals surface area contributed by atoms with Gasteiger partial charge in [0, 0.05) is 14.9 Å². The molecule has 0 aliphatic carbocycles. The van der Waals surface area contributed by atoms with Crippen molar-refractivity contribution in [2.75, 3.05) is 5.75 Å². The number of benzene rings is 2. The summed E-state index contributed by atoms with van der Waals surface area (Å²) >= 11 is 4.65. The Morgan fingerprint density at radius 1 is 1.10 bits per heavy atom. The van der Waals surface area contributed by atoms with Gasteiger partial charge in [-0.05, 0) is 40.2 Å². The van der Waals surface area contributed by atoms with Gasteiger partial charge in [0.05, 0.1) is 11.3 Å². The largest absolute Gasteiger partial charge is 0.416 e. The molecule has 2 rings (SSSR count). The molecule has 2 aromatic rings. The van der Waals surface area contributed by atoms with Crippen molar-refractivity contribution in [2.45, 2.75) is 11.1 Å². The number of hydrogen-bond donors (Lipinski definition) is 0. The Hall–Kier alpha value is -1.27. The highest BCUT2D eigenvalue weighted by molar-refractivity contribution is 9.10. The average molecular weight is 375 g/mol. The summed E-state index contributed by atoms with van der Waals surface area (Å²) in [5.41, 5.74) is -0.733. The van der Waals surface area contributed by atoms with Gasteiger partial charge in [0.1, 0.15) is 0 Å². The van der Waals surface area contributed by atoms with Crippen molar-refractivity contribution >= 4 is 33.5 Å². The van der Waals surface area contributed by atoms with Gasteiger partial charge in [0.15, 0.2) is 5.78 Å². The standard InChI is InChI=1S/C15H10BrF3OS/c16-12-6-1-2-7-14(12)21-9-13(20)10-4-3-5-11(8-10)15(17,18)19/h1-8H,9H2. The molecule has 0 saturated heterocycles. The van der Waals surface area contributed by atoms with E-state index < -0.39 is 11.7 Å². The molecule has 2 aromatic carbocycles. The highest BCUT2D eigenvalue weighted by Crippen LogP contribution is 2.31.